The SMILES string of the molecule is COC(=O)C(N)Cn1ccc2cccnc21. The van der Waals surface area contributed by atoms with Gasteiger partial charge in [0.15, 0.2) is 0 Å². The molecule has 0 saturated carbocycles. The standard InChI is InChI=1S/C11H13N3O2/c1-16-11(15)9(12)7-14-6-4-8-3-2-5-13-10(8)14/h2-6,9H,7,12H2,1H3. The molecular weight excluding hydrogens is 206 g/mol. The van der Waals surface area contributed by atoms with Crippen LogP contribution in [0.3, 0.4) is 0 Å². The quantitative estimate of drug-likeness (QED) is 0.765. The van der Waals surface area contributed by atoms with E-state index in [-0.39, 0.29) is 0 Å². The van der Waals surface area contributed by atoms with Gasteiger partial charge in [-0.05, 0) is 18.2 Å². The van der Waals surface area contributed by atoms with Crippen LogP contribution in [0.15, 0.2) is 30.6 Å². The lowest BCUT2D eigenvalue weighted by Crippen LogP contribution is -2.35. The second-order valence-corrected chi connectivity index (χ2v) is 3.51. The van der Waals surface area contributed by atoms with E-state index in [9.17, 15) is 4.79 Å². The lowest BCUT2D eigenvalue weighted by molar-refractivity contribution is -0.142. The van der Waals surface area contributed by atoms with Crippen LogP contribution in [-0.4, -0.2) is 28.7 Å². The van der Waals surface area contributed by atoms with Crippen LogP contribution in [0, 0.1) is 0 Å². The second kappa shape index (κ2) is 4.32. The molecule has 0 bridgehead atoms. The van der Waals surface area contributed by atoms with Gasteiger partial charge < -0.3 is 15.0 Å². The minimum atomic E-state index is -0.664. The molecule has 0 aliphatic carbocycles. The van der Waals surface area contributed by atoms with Crippen LogP contribution in [0.2, 0.25) is 0 Å². The van der Waals surface area contributed by atoms with Gasteiger partial charge in [0.2, 0.25) is 0 Å². The Bertz CT molecular complexity index is 507. The number of hydrogen-bond donors (Lipinski definition) is 1. The molecule has 5 heteroatoms. The average molecular weight is 219 g/mol. The van der Waals surface area contributed by atoms with Crippen molar-refractivity contribution in [1.29, 1.82) is 0 Å². The molecule has 0 aliphatic heterocycles. The molecule has 0 amide bonds. The van der Waals surface area contributed by atoms with Gasteiger partial charge in [-0.3, -0.25) is 4.79 Å². The number of nitrogens with zero attached hydrogens (tertiary/aromatic N) is 2. The molecule has 1 unspecified atom stereocenters. The Kier molecular flexibility index (Phi) is 2.87. The maximum atomic E-state index is 11.2. The first-order chi connectivity index (χ1) is 7.72. The summed E-state index contributed by atoms with van der Waals surface area (Å²) >= 11 is 0. The van der Waals surface area contributed by atoms with E-state index in [2.05, 4.69) is 9.72 Å². The Morgan fingerprint density at radius 3 is 3.19 bits per heavy atom. The number of ether oxygens (including phenoxy) is 1. The molecule has 0 fully saturated rings. The summed E-state index contributed by atoms with van der Waals surface area (Å²) < 4.78 is 6.42. The minimum absolute atomic E-state index is 0.368. The third kappa shape index (κ3) is 1.90. The maximum Gasteiger partial charge on any atom is 0.324 e. The first kappa shape index (κ1) is 10.6. The molecule has 2 aromatic heterocycles. The highest BCUT2D eigenvalue weighted by Gasteiger charge is 2.15. The summed E-state index contributed by atoms with van der Waals surface area (Å²) in [6.07, 6.45) is 3.57. The smallest absolute Gasteiger partial charge is 0.324 e. The fraction of sp³-hybridized carbons (Fsp3) is 0.273. The Labute approximate surface area is 92.8 Å². The van der Waals surface area contributed by atoms with Crippen LogP contribution >= 0.6 is 0 Å². The fourth-order valence-corrected chi connectivity index (χ4v) is 1.61. The summed E-state index contributed by atoms with van der Waals surface area (Å²) in [5.41, 5.74) is 6.51. The van der Waals surface area contributed by atoms with Crippen molar-refractivity contribution in [2.24, 2.45) is 5.73 Å². The molecule has 2 aromatic rings. The number of carbonyl (C=O) groups excluding carboxylic acids is 1. The Balaban J connectivity index is 2.24. The predicted molar refractivity (Wildman–Crippen MR) is 59.7 cm³/mol. The zero-order valence-corrected chi connectivity index (χ0v) is 8.96. The largest absolute Gasteiger partial charge is 0.468 e. The summed E-state index contributed by atoms with van der Waals surface area (Å²) in [4.78, 5) is 15.4. The lowest BCUT2D eigenvalue weighted by atomic mass is 10.3. The van der Waals surface area contributed by atoms with Gasteiger partial charge in [0, 0.05) is 24.3 Å². The number of pyridine rings is 1. The molecule has 5 nitrogen and oxygen atoms in total. The van der Waals surface area contributed by atoms with Crippen LogP contribution in [0.1, 0.15) is 0 Å². The van der Waals surface area contributed by atoms with E-state index in [1.54, 1.807) is 6.20 Å². The monoisotopic (exact) mass is 219 g/mol. The number of hydrogen-bond acceptors (Lipinski definition) is 4. The highest BCUT2D eigenvalue weighted by molar-refractivity contribution is 5.77. The zero-order valence-electron chi connectivity index (χ0n) is 8.96. The third-order valence-corrected chi connectivity index (χ3v) is 2.42. The van der Waals surface area contributed by atoms with Crippen molar-refractivity contribution in [3.05, 3.63) is 30.6 Å². The lowest BCUT2D eigenvalue weighted by Gasteiger charge is -2.10. The number of fused-ring (bicyclic) bond motifs is 1. The zero-order chi connectivity index (χ0) is 11.5. The van der Waals surface area contributed by atoms with E-state index in [4.69, 9.17) is 5.73 Å². The number of aromatic nitrogens is 2. The summed E-state index contributed by atoms with van der Waals surface area (Å²) in [6, 6.07) is 5.10. The number of carbonyl (C=O) groups is 1. The molecule has 1 atom stereocenters. The molecule has 0 aliphatic rings. The Morgan fingerprint density at radius 1 is 1.62 bits per heavy atom. The highest BCUT2D eigenvalue weighted by atomic mass is 16.5. The van der Waals surface area contributed by atoms with Crippen LogP contribution in [-0.2, 0) is 16.1 Å². The molecule has 0 radical (unpaired) electrons. The predicted octanol–water partition coefficient (Wildman–Crippen LogP) is 0.537. The van der Waals surface area contributed by atoms with Crippen molar-refractivity contribution in [3.8, 4) is 0 Å². The van der Waals surface area contributed by atoms with Crippen LogP contribution in [0.5, 0.6) is 0 Å². The molecule has 0 spiro atoms. The Morgan fingerprint density at radius 2 is 2.44 bits per heavy atom. The molecule has 0 aromatic carbocycles. The number of methoxy groups -OCH3 is 1. The van der Waals surface area contributed by atoms with E-state index in [0.717, 1.165) is 11.0 Å². The van der Waals surface area contributed by atoms with Gasteiger partial charge in [0.25, 0.3) is 0 Å². The normalized spacial score (nSPS) is 12.6. The molecule has 0 saturated heterocycles. The molecular formula is C11H13N3O2. The summed E-state index contributed by atoms with van der Waals surface area (Å²) in [6.45, 7) is 0.368. The van der Waals surface area contributed by atoms with Gasteiger partial charge in [0.1, 0.15) is 11.7 Å². The number of rotatable bonds is 3. The van der Waals surface area contributed by atoms with Gasteiger partial charge in [-0.25, -0.2) is 4.98 Å². The first-order valence-electron chi connectivity index (χ1n) is 4.95. The number of esters is 1. The third-order valence-electron chi connectivity index (χ3n) is 2.42. The van der Waals surface area contributed by atoms with Crippen LogP contribution in [0.25, 0.3) is 11.0 Å². The second-order valence-electron chi connectivity index (χ2n) is 3.51. The van der Waals surface area contributed by atoms with Crippen molar-refractivity contribution in [1.82, 2.24) is 9.55 Å². The van der Waals surface area contributed by atoms with Crippen LogP contribution in [0.4, 0.5) is 0 Å². The van der Waals surface area contributed by atoms with Crippen molar-refractivity contribution in [2.75, 3.05) is 7.11 Å². The van der Waals surface area contributed by atoms with Crippen molar-refractivity contribution in [3.63, 3.8) is 0 Å². The average Bonchev–Trinajstić information content (AvgIpc) is 2.72. The molecule has 16 heavy (non-hydrogen) atoms. The van der Waals surface area contributed by atoms with Gasteiger partial charge in [-0.2, -0.15) is 0 Å². The van der Waals surface area contributed by atoms with Crippen LogP contribution < -0.4 is 5.73 Å². The molecule has 2 heterocycles. The van der Waals surface area contributed by atoms with E-state index < -0.39 is 12.0 Å². The summed E-state index contributed by atoms with van der Waals surface area (Å²) in [5, 5.41) is 1.03. The number of nitrogens with two attached hydrogens (primary N) is 1. The highest BCUT2D eigenvalue weighted by Crippen LogP contribution is 2.12. The fourth-order valence-electron chi connectivity index (χ4n) is 1.61. The molecule has 2 rings (SSSR count). The summed E-state index contributed by atoms with van der Waals surface area (Å²) in [5.74, 6) is -0.419. The van der Waals surface area contributed by atoms with Gasteiger partial charge in [-0.15, -0.1) is 0 Å². The van der Waals surface area contributed by atoms with E-state index >= 15 is 0 Å². The minimum Gasteiger partial charge on any atom is -0.468 e. The van der Waals surface area contributed by atoms with E-state index in [1.165, 1.54) is 7.11 Å². The topological polar surface area (TPSA) is 70.1 Å². The van der Waals surface area contributed by atoms with E-state index in [1.807, 2.05) is 29.0 Å². The van der Waals surface area contributed by atoms with Crippen molar-refractivity contribution in [2.45, 2.75) is 12.6 Å². The Hall–Kier alpha value is -1.88. The van der Waals surface area contributed by atoms with Crippen molar-refractivity contribution >= 4 is 17.0 Å². The first-order valence-corrected chi connectivity index (χ1v) is 4.95. The van der Waals surface area contributed by atoms with E-state index in [0.29, 0.717) is 6.54 Å². The van der Waals surface area contributed by atoms with Gasteiger partial charge in [0.05, 0.1) is 7.11 Å². The molecule has 84 valence electrons. The molecule has 2 N–H and O–H groups in total. The van der Waals surface area contributed by atoms with Gasteiger partial charge in [-0.1, -0.05) is 0 Å². The maximum absolute atomic E-state index is 11.2. The van der Waals surface area contributed by atoms with Gasteiger partial charge >= 0.3 is 5.97 Å². The van der Waals surface area contributed by atoms with Crippen molar-refractivity contribution < 1.29 is 9.53 Å². The summed E-state index contributed by atoms with van der Waals surface area (Å²) in [7, 11) is 1.33.